The number of amides is 1. The molecule has 3 N–H and O–H groups in total. The van der Waals surface area contributed by atoms with E-state index in [1.54, 1.807) is 0 Å². The summed E-state index contributed by atoms with van der Waals surface area (Å²) in [5, 5.41) is 11.1. The summed E-state index contributed by atoms with van der Waals surface area (Å²) in [5.74, 6) is 4.41. The summed E-state index contributed by atoms with van der Waals surface area (Å²) in [6.07, 6.45) is 1.29. The molecule has 1 amide bonds. The minimum atomic E-state index is -0.621. The Bertz CT molecular complexity index is 685. The molecule has 1 heterocycles. The maximum absolute atomic E-state index is 11.4. The van der Waals surface area contributed by atoms with Gasteiger partial charge in [-0.15, -0.1) is 0 Å². The van der Waals surface area contributed by atoms with Crippen molar-refractivity contribution in [1.82, 2.24) is 5.43 Å². The van der Waals surface area contributed by atoms with Crippen molar-refractivity contribution in [3.8, 4) is 5.75 Å². The zero-order chi connectivity index (χ0) is 15.4. The molecule has 1 aromatic carbocycles. The Labute approximate surface area is 123 Å². The first kappa shape index (κ1) is 14.8. The lowest BCUT2D eigenvalue weighted by Gasteiger charge is -2.07. The molecule has 0 bridgehead atoms. The van der Waals surface area contributed by atoms with Crippen LogP contribution in [0.15, 0.2) is 34.9 Å². The summed E-state index contributed by atoms with van der Waals surface area (Å²) in [7, 11) is 0. The second-order valence-electron chi connectivity index (χ2n) is 3.91. The number of hydrazine groups is 1. The van der Waals surface area contributed by atoms with Crippen molar-refractivity contribution >= 4 is 23.2 Å². The maximum Gasteiger partial charge on any atom is 0.312 e. The first-order chi connectivity index (χ1) is 10.0. The van der Waals surface area contributed by atoms with E-state index in [4.69, 9.17) is 26.6 Å². The summed E-state index contributed by atoms with van der Waals surface area (Å²) < 4.78 is 10.3. The number of benzene rings is 1. The number of nitrogens with one attached hydrogen (secondary N) is 1. The number of nitrogen functional groups attached to an aromatic ring is 1. The normalized spacial score (nSPS) is 10.2. The topological polar surface area (TPSA) is 121 Å². The van der Waals surface area contributed by atoms with Crippen LogP contribution in [0.2, 0.25) is 5.02 Å². The number of nitrogens with two attached hydrogens (primary N) is 1. The highest BCUT2D eigenvalue weighted by Gasteiger charge is 2.18. The summed E-state index contributed by atoms with van der Waals surface area (Å²) in [6.45, 7) is -0.0955. The number of nitro benzene ring substituents is 1. The number of halogens is 1. The van der Waals surface area contributed by atoms with Gasteiger partial charge in [-0.25, -0.2) is 5.84 Å². The van der Waals surface area contributed by atoms with E-state index >= 15 is 0 Å². The molecule has 0 saturated heterocycles. The standard InChI is InChI=1S/C12H10ClN3O5/c13-8-1-2-10(9(5-8)16(18)19)21-6-7-3-4-20-11(7)12(17)15-14/h1-5H,6,14H2,(H,15,17). The minimum Gasteiger partial charge on any atom is -0.482 e. The second kappa shape index (κ2) is 6.25. The van der Waals surface area contributed by atoms with Gasteiger partial charge in [0.05, 0.1) is 11.2 Å². The van der Waals surface area contributed by atoms with Gasteiger partial charge >= 0.3 is 11.6 Å². The third kappa shape index (κ3) is 3.30. The van der Waals surface area contributed by atoms with Crippen molar-refractivity contribution in [1.29, 1.82) is 0 Å². The number of carbonyl (C=O) groups excluding carboxylic acids is 1. The minimum absolute atomic E-state index is 0.0193. The summed E-state index contributed by atoms with van der Waals surface area (Å²) in [5.41, 5.74) is 2.07. The van der Waals surface area contributed by atoms with E-state index in [1.807, 2.05) is 5.43 Å². The van der Waals surface area contributed by atoms with Crippen LogP contribution >= 0.6 is 11.6 Å². The van der Waals surface area contributed by atoms with Crippen LogP contribution in [-0.2, 0) is 6.61 Å². The smallest absolute Gasteiger partial charge is 0.312 e. The molecular weight excluding hydrogens is 302 g/mol. The van der Waals surface area contributed by atoms with Crippen LogP contribution in [0.1, 0.15) is 16.1 Å². The monoisotopic (exact) mass is 311 g/mol. The molecule has 1 aromatic heterocycles. The Morgan fingerprint density at radius 3 is 2.90 bits per heavy atom. The van der Waals surface area contributed by atoms with E-state index in [0.29, 0.717) is 5.56 Å². The molecule has 0 aliphatic rings. The van der Waals surface area contributed by atoms with Crippen molar-refractivity contribution in [2.24, 2.45) is 5.84 Å². The molecule has 0 unspecified atom stereocenters. The van der Waals surface area contributed by atoms with Gasteiger partial charge in [-0.2, -0.15) is 0 Å². The molecule has 0 saturated carbocycles. The fraction of sp³-hybridized carbons (Fsp3) is 0.0833. The largest absolute Gasteiger partial charge is 0.482 e. The van der Waals surface area contributed by atoms with Gasteiger partial charge in [0, 0.05) is 16.7 Å². The van der Waals surface area contributed by atoms with Crippen molar-refractivity contribution in [3.05, 3.63) is 57.0 Å². The van der Waals surface area contributed by atoms with Gasteiger partial charge < -0.3 is 9.15 Å². The number of nitrogens with zero attached hydrogens (tertiary/aromatic N) is 1. The van der Waals surface area contributed by atoms with Crippen LogP contribution < -0.4 is 16.0 Å². The summed E-state index contributed by atoms with van der Waals surface area (Å²) in [4.78, 5) is 21.7. The van der Waals surface area contributed by atoms with Crippen LogP contribution in [0.4, 0.5) is 5.69 Å². The fourth-order valence-corrected chi connectivity index (χ4v) is 1.79. The van der Waals surface area contributed by atoms with Gasteiger partial charge in [-0.05, 0) is 18.2 Å². The Balaban J connectivity index is 2.19. The molecule has 110 valence electrons. The summed E-state index contributed by atoms with van der Waals surface area (Å²) >= 11 is 5.70. The van der Waals surface area contributed by atoms with Crippen LogP contribution in [0.5, 0.6) is 5.75 Å². The number of nitro groups is 1. The molecule has 8 nitrogen and oxygen atoms in total. The van der Waals surface area contributed by atoms with Gasteiger partial charge in [0.2, 0.25) is 0 Å². The lowest BCUT2D eigenvalue weighted by atomic mass is 10.2. The zero-order valence-corrected chi connectivity index (χ0v) is 11.3. The summed E-state index contributed by atoms with van der Waals surface area (Å²) in [6, 6.07) is 5.53. The third-order valence-corrected chi connectivity index (χ3v) is 2.82. The molecule has 0 spiro atoms. The lowest BCUT2D eigenvalue weighted by Crippen LogP contribution is -2.30. The second-order valence-corrected chi connectivity index (χ2v) is 4.34. The first-order valence-electron chi connectivity index (χ1n) is 5.67. The number of ether oxygens (including phenoxy) is 1. The highest BCUT2D eigenvalue weighted by molar-refractivity contribution is 6.30. The van der Waals surface area contributed by atoms with Gasteiger partial charge in [0.1, 0.15) is 6.61 Å². The maximum atomic E-state index is 11.4. The van der Waals surface area contributed by atoms with Crippen molar-refractivity contribution in [2.45, 2.75) is 6.61 Å². The average molecular weight is 312 g/mol. The average Bonchev–Trinajstić information content (AvgIpc) is 2.93. The number of hydrogen-bond acceptors (Lipinski definition) is 6. The number of rotatable bonds is 5. The van der Waals surface area contributed by atoms with E-state index < -0.39 is 10.8 Å². The quantitative estimate of drug-likeness (QED) is 0.377. The molecule has 9 heteroatoms. The Kier molecular flexibility index (Phi) is 4.41. The zero-order valence-electron chi connectivity index (χ0n) is 10.5. The van der Waals surface area contributed by atoms with Crippen LogP contribution in [0.3, 0.4) is 0 Å². The van der Waals surface area contributed by atoms with Gasteiger partial charge in [-0.1, -0.05) is 11.6 Å². The number of hydrogen-bond donors (Lipinski definition) is 2. The van der Waals surface area contributed by atoms with Gasteiger partial charge in [-0.3, -0.25) is 20.3 Å². The molecule has 0 radical (unpaired) electrons. The van der Waals surface area contributed by atoms with Crippen LogP contribution in [-0.4, -0.2) is 10.8 Å². The molecule has 0 aliphatic carbocycles. The van der Waals surface area contributed by atoms with E-state index in [1.165, 1.54) is 30.5 Å². The highest BCUT2D eigenvalue weighted by atomic mass is 35.5. The molecule has 0 fully saturated rings. The molecule has 2 rings (SSSR count). The molecule has 0 atom stereocenters. The lowest BCUT2D eigenvalue weighted by molar-refractivity contribution is -0.385. The van der Waals surface area contributed by atoms with E-state index in [0.717, 1.165) is 0 Å². The fourth-order valence-electron chi connectivity index (χ4n) is 1.62. The van der Waals surface area contributed by atoms with E-state index in [-0.39, 0.29) is 28.8 Å². The SMILES string of the molecule is NNC(=O)c1occc1COc1ccc(Cl)cc1[N+](=O)[O-]. The molecule has 2 aromatic rings. The van der Waals surface area contributed by atoms with Gasteiger partial charge in [0.15, 0.2) is 11.5 Å². The predicted octanol–water partition coefficient (Wildman–Crippen LogP) is 2.02. The number of furan rings is 1. The number of carbonyl (C=O) groups is 1. The Hall–Kier alpha value is -2.58. The van der Waals surface area contributed by atoms with Crippen molar-refractivity contribution in [2.75, 3.05) is 0 Å². The van der Waals surface area contributed by atoms with E-state index in [9.17, 15) is 14.9 Å². The molecule has 21 heavy (non-hydrogen) atoms. The molecular formula is C12H10ClN3O5. The Morgan fingerprint density at radius 2 is 2.24 bits per heavy atom. The van der Waals surface area contributed by atoms with E-state index in [2.05, 4.69) is 0 Å². The van der Waals surface area contributed by atoms with Gasteiger partial charge in [0.25, 0.3) is 0 Å². The highest BCUT2D eigenvalue weighted by Crippen LogP contribution is 2.30. The molecule has 0 aliphatic heterocycles. The third-order valence-electron chi connectivity index (χ3n) is 2.58. The Morgan fingerprint density at radius 1 is 1.48 bits per heavy atom. The van der Waals surface area contributed by atoms with Crippen molar-refractivity contribution < 1.29 is 18.9 Å². The van der Waals surface area contributed by atoms with Crippen LogP contribution in [0.25, 0.3) is 0 Å². The first-order valence-corrected chi connectivity index (χ1v) is 6.04. The van der Waals surface area contributed by atoms with Crippen LogP contribution in [0, 0.1) is 10.1 Å². The predicted molar refractivity (Wildman–Crippen MR) is 72.8 cm³/mol. The van der Waals surface area contributed by atoms with Crippen molar-refractivity contribution in [3.63, 3.8) is 0 Å².